The van der Waals surface area contributed by atoms with Crippen molar-refractivity contribution in [2.24, 2.45) is 0 Å². The van der Waals surface area contributed by atoms with Crippen molar-refractivity contribution in [2.75, 3.05) is 14.7 Å². The molecule has 0 radical (unpaired) electrons. The van der Waals surface area contributed by atoms with Gasteiger partial charge in [-0.3, -0.25) is 0 Å². The van der Waals surface area contributed by atoms with Crippen molar-refractivity contribution < 1.29 is 0 Å². The monoisotopic (exact) mass is 1380 g/mol. The fourth-order valence-electron chi connectivity index (χ4n) is 23.2. The van der Waals surface area contributed by atoms with E-state index < -0.39 is 0 Å². The van der Waals surface area contributed by atoms with Crippen molar-refractivity contribution in [1.29, 1.82) is 0 Å². The summed E-state index contributed by atoms with van der Waals surface area (Å²) in [6.07, 6.45) is 14.7. The molecule has 3 aliphatic heterocycles. The third-order valence-electron chi connectivity index (χ3n) is 29.5. The average molecular weight is 1380 g/mol. The number of rotatable bonds is 9. The maximum Gasteiger partial charge on any atom is 0.0517 e. The van der Waals surface area contributed by atoms with Crippen molar-refractivity contribution >= 4 is 98.8 Å². The Morgan fingerprint density at radius 1 is 0.206 bits per heavy atom. The van der Waals surface area contributed by atoms with Gasteiger partial charge in [0.2, 0.25) is 0 Å². The molecule has 22 rings (SSSR count). The first-order valence-corrected chi connectivity index (χ1v) is 39.9. The van der Waals surface area contributed by atoms with Crippen LogP contribution in [-0.2, 0) is 16.2 Å². The zero-order valence-corrected chi connectivity index (χ0v) is 62.5. The summed E-state index contributed by atoms with van der Waals surface area (Å²) in [4.78, 5) is 8.05. The molecule has 0 saturated heterocycles. The smallest absolute Gasteiger partial charge is 0.0517 e. The third kappa shape index (κ3) is 8.61. The lowest BCUT2D eigenvalue weighted by atomic mass is 9.61. The van der Waals surface area contributed by atoms with Crippen molar-refractivity contribution in [1.82, 2.24) is 0 Å². The maximum absolute atomic E-state index is 2.69. The average Bonchev–Trinajstić information content (AvgIpc) is 1.55. The van der Waals surface area contributed by atoms with E-state index in [9.17, 15) is 0 Å². The van der Waals surface area contributed by atoms with Crippen LogP contribution < -0.4 is 14.7 Å². The predicted octanol–water partition coefficient (Wildman–Crippen LogP) is 28.7. The molecule has 3 nitrogen and oxygen atoms in total. The maximum atomic E-state index is 2.69. The summed E-state index contributed by atoms with van der Waals surface area (Å²) in [6.45, 7) is 15.2. The Bertz CT molecular complexity index is 6040. The molecule has 0 aromatic heterocycles. The molecular formula is C104H89N3. The molecule has 3 aliphatic carbocycles. The van der Waals surface area contributed by atoms with Crippen LogP contribution in [0.1, 0.15) is 135 Å². The van der Waals surface area contributed by atoms with E-state index in [0.717, 1.165) is 0 Å². The van der Waals surface area contributed by atoms with Gasteiger partial charge in [-0.2, -0.15) is 0 Å². The van der Waals surface area contributed by atoms with E-state index in [4.69, 9.17) is 0 Å². The standard InChI is InChI=1S/C104H89N3/c1-99-55-16-19-58-102(99,4)105(75-23-10-7-11-24-75)93-52-43-72(61-90(93)99)66-31-37-69(38-32-66)78-46-49-83-87-65-89-85-51-48-80(71-41-35-68(36-42-71)74-45-54-95-92(63-74)101(3)57-18-21-60-104(101,6)107(95)77-27-14-9-15-28-77)97-79(47-50-84(98(85)97)88(89)64-86(87)82-30-22-29-81(78)96(82)83)70-39-33-67(34-40-70)73-44-53-94-91(62-73)100(2)56-17-20-59-103(100,5)106(94)76-25-12-8-13-26-76/h7-15,22-54,61-65H,16-21,55-60H2,1-6H3. The van der Waals surface area contributed by atoms with Crippen LogP contribution in [0, 0.1) is 0 Å². The molecular weight excluding hydrogens is 1290 g/mol. The van der Waals surface area contributed by atoms with E-state index in [0.29, 0.717) is 0 Å². The summed E-state index contributed by atoms with van der Waals surface area (Å²) in [5, 5.41) is 15.9. The second-order valence-electron chi connectivity index (χ2n) is 34.3. The van der Waals surface area contributed by atoms with Gasteiger partial charge in [-0.25, -0.2) is 0 Å². The van der Waals surface area contributed by atoms with Crippen molar-refractivity contribution in [3.63, 3.8) is 0 Å². The fourth-order valence-corrected chi connectivity index (χ4v) is 23.2. The zero-order chi connectivity index (χ0) is 71.5. The molecule has 3 heterocycles. The van der Waals surface area contributed by atoms with Gasteiger partial charge in [0.15, 0.2) is 0 Å². The van der Waals surface area contributed by atoms with Crippen molar-refractivity contribution in [2.45, 2.75) is 151 Å². The molecule has 3 saturated carbocycles. The number of nitrogens with zero attached hydrogens (tertiary/aromatic N) is 3. The number of hydrogen-bond acceptors (Lipinski definition) is 3. The summed E-state index contributed by atoms with van der Waals surface area (Å²) in [7, 11) is 0. The lowest BCUT2D eigenvalue weighted by molar-refractivity contribution is 0.195. The summed E-state index contributed by atoms with van der Waals surface area (Å²) < 4.78 is 0. The van der Waals surface area contributed by atoms with E-state index in [1.165, 1.54) is 259 Å². The van der Waals surface area contributed by atoms with Gasteiger partial charge in [0.05, 0.1) is 16.6 Å². The summed E-state index contributed by atoms with van der Waals surface area (Å²) in [5.41, 5.74) is 27.7. The van der Waals surface area contributed by atoms with Crippen LogP contribution in [0.5, 0.6) is 0 Å². The van der Waals surface area contributed by atoms with E-state index in [-0.39, 0.29) is 32.9 Å². The molecule has 0 N–H and O–H groups in total. The molecule has 6 unspecified atom stereocenters. The van der Waals surface area contributed by atoms with Gasteiger partial charge in [0.25, 0.3) is 0 Å². The first kappa shape index (κ1) is 63.3. The number of anilines is 6. The van der Waals surface area contributed by atoms with Crippen LogP contribution in [0.2, 0.25) is 0 Å². The molecule has 6 atom stereocenters. The predicted molar refractivity (Wildman–Crippen MR) is 455 cm³/mol. The van der Waals surface area contributed by atoms with Crippen LogP contribution in [0.3, 0.4) is 0 Å². The molecule has 520 valence electrons. The largest absolute Gasteiger partial charge is 0.334 e. The van der Waals surface area contributed by atoms with E-state index in [2.05, 4.69) is 341 Å². The van der Waals surface area contributed by atoms with Crippen molar-refractivity contribution in [3.05, 3.63) is 302 Å². The van der Waals surface area contributed by atoms with Gasteiger partial charge in [-0.05, 0) is 292 Å². The molecule has 6 aliphatic rings. The molecule has 3 fully saturated rings. The molecule has 0 amide bonds. The molecule has 0 bridgehead atoms. The van der Waals surface area contributed by atoms with Crippen LogP contribution in [0.25, 0.3) is 131 Å². The van der Waals surface area contributed by atoms with E-state index in [1.807, 2.05) is 0 Å². The number of benzene rings is 14. The molecule has 3 heteroatoms. The van der Waals surface area contributed by atoms with E-state index >= 15 is 0 Å². The first-order chi connectivity index (χ1) is 52.2. The molecule has 107 heavy (non-hydrogen) atoms. The summed E-state index contributed by atoms with van der Waals surface area (Å²) >= 11 is 0. The van der Waals surface area contributed by atoms with Gasteiger partial charge < -0.3 is 14.7 Å². The van der Waals surface area contributed by atoms with E-state index in [1.54, 1.807) is 0 Å². The Morgan fingerprint density at radius 2 is 0.495 bits per heavy atom. The topological polar surface area (TPSA) is 9.72 Å². The minimum absolute atomic E-state index is 0.000322. The van der Waals surface area contributed by atoms with Gasteiger partial charge in [0.1, 0.15) is 0 Å². The minimum atomic E-state index is 0.000322. The van der Waals surface area contributed by atoms with Gasteiger partial charge in [-0.1, -0.05) is 259 Å². The van der Waals surface area contributed by atoms with Gasteiger partial charge in [0, 0.05) is 50.4 Å². The number of fused-ring (bicyclic) bond motifs is 15. The Balaban J connectivity index is 0.651. The van der Waals surface area contributed by atoms with Crippen molar-refractivity contribution in [3.8, 4) is 66.8 Å². The third-order valence-corrected chi connectivity index (χ3v) is 29.5. The highest BCUT2D eigenvalue weighted by Gasteiger charge is 2.60. The minimum Gasteiger partial charge on any atom is -0.334 e. The summed E-state index contributed by atoms with van der Waals surface area (Å²) in [5.74, 6) is 0. The quantitative estimate of drug-likeness (QED) is 0.143. The van der Waals surface area contributed by atoms with Crippen LogP contribution in [0.15, 0.2) is 285 Å². The Hall–Kier alpha value is -11.0. The fraction of sp³-hybridized carbons (Fsp3) is 0.231. The Morgan fingerprint density at radius 3 is 0.860 bits per heavy atom. The van der Waals surface area contributed by atoms with Crippen LogP contribution >= 0.6 is 0 Å². The SMILES string of the molecule is CC12CCCCC1(C)N(c1ccccc1)c1ccc(-c3ccc(-c4ccc5c6cc7c(cc6c6cccc4c65)c4ccc(-c5ccc(-c6ccc8c(c6)C6(C)CCCCC6(C)N8c6ccccc6)cc5)c5c(-c6ccc(-c8ccc9c(c8)C8(C)CCCCC8(C)N9c8ccccc8)cc6)ccc7c54)cc3)cc12. The Labute approximate surface area is 629 Å². The lowest BCUT2D eigenvalue weighted by Crippen LogP contribution is -2.54. The van der Waals surface area contributed by atoms with Crippen LogP contribution in [0.4, 0.5) is 34.1 Å². The lowest BCUT2D eigenvalue weighted by Gasteiger charge is -2.50. The number of hydrogen-bond donors (Lipinski definition) is 0. The number of para-hydroxylation sites is 3. The van der Waals surface area contributed by atoms with Gasteiger partial charge in [-0.15, -0.1) is 0 Å². The highest BCUT2D eigenvalue weighted by Crippen LogP contribution is 2.65. The summed E-state index contributed by atoms with van der Waals surface area (Å²) in [6, 6.07) is 111. The Kier molecular flexibility index (Phi) is 13.5. The molecule has 0 spiro atoms. The molecule has 16 aromatic rings. The van der Waals surface area contributed by atoms with Crippen LogP contribution in [-0.4, -0.2) is 16.6 Å². The van der Waals surface area contributed by atoms with Gasteiger partial charge >= 0.3 is 0 Å². The highest BCUT2D eigenvalue weighted by atomic mass is 15.3. The first-order valence-electron chi connectivity index (χ1n) is 39.9. The molecule has 16 aromatic carbocycles. The normalized spacial score (nSPS) is 23.7. The second-order valence-corrected chi connectivity index (χ2v) is 34.3. The highest BCUT2D eigenvalue weighted by molar-refractivity contribution is 6.39. The second kappa shape index (κ2) is 22.8. The zero-order valence-electron chi connectivity index (χ0n) is 62.5.